The minimum atomic E-state index is -0.813. The standard InChI is InChI=1S/C9H12O6/c1-5(10)7-8(11)6(15-9(7)12)3-4-14-13-2/h6,11H,3-4H2,1-2H3. The minimum absolute atomic E-state index is 0.156. The Bertz CT molecular complexity index is 306. The van der Waals surface area contributed by atoms with Crippen LogP contribution in [0.4, 0.5) is 0 Å². The largest absolute Gasteiger partial charge is 0.507 e. The van der Waals surface area contributed by atoms with E-state index in [2.05, 4.69) is 9.78 Å². The van der Waals surface area contributed by atoms with E-state index in [1.54, 1.807) is 0 Å². The number of esters is 1. The van der Waals surface area contributed by atoms with Gasteiger partial charge in [0.1, 0.15) is 5.57 Å². The molecule has 0 aliphatic carbocycles. The smallest absolute Gasteiger partial charge is 0.346 e. The zero-order valence-electron chi connectivity index (χ0n) is 8.48. The van der Waals surface area contributed by atoms with Crippen molar-refractivity contribution >= 4 is 11.8 Å². The summed E-state index contributed by atoms with van der Waals surface area (Å²) in [5, 5.41) is 9.51. The maximum atomic E-state index is 11.1. The van der Waals surface area contributed by atoms with Crippen molar-refractivity contribution in [2.24, 2.45) is 0 Å². The Labute approximate surface area is 86.4 Å². The monoisotopic (exact) mass is 216 g/mol. The highest BCUT2D eigenvalue weighted by Crippen LogP contribution is 2.23. The summed E-state index contributed by atoms with van der Waals surface area (Å²) in [5.74, 6) is -1.62. The molecule has 0 saturated heterocycles. The third kappa shape index (κ3) is 2.54. The molecule has 1 unspecified atom stereocenters. The number of hydrogen-bond donors (Lipinski definition) is 1. The van der Waals surface area contributed by atoms with Gasteiger partial charge < -0.3 is 9.84 Å². The molecule has 0 radical (unpaired) electrons. The first-order chi connectivity index (χ1) is 7.07. The number of carbonyl (C=O) groups is 2. The van der Waals surface area contributed by atoms with Crippen molar-refractivity contribution in [3.05, 3.63) is 11.3 Å². The van der Waals surface area contributed by atoms with E-state index in [0.717, 1.165) is 0 Å². The first-order valence-electron chi connectivity index (χ1n) is 4.38. The highest BCUT2D eigenvalue weighted by atomic mass is 17.2. The fraction of sp³-hybridized carbons (Fsp3) is 0.556. The van der Waals surface area contributed by atoms with Crippen LogP contribution in [-0.4, -0.2) is 36.7 Å². The molecule has 0 saturated carbocycles. The molecule has 0 fully saturated rings. The minimum Gasteiger partial charge on any atom is -0.507 e. The molecule has 0 amide bonds. The second-order valence-electron chi connectivity index (χ2n) is 2.99. The van der Waals surface area contributed by atoms with Gasteiger partial charge in [-0.3, -0.25) is 4.79 Å². The van der Waals surface area contributed by atoms with E-state index in [-0.39, 0.29) is 24.4 Å². The summed E-state index contributed by atoms with van der Waals surface area (Å²) >= 11 is 0. The van der Waals surface area contributed by atoms with Crippen LogP contribution in [0.25, 0.3) is 0 Å². The molecule has 1 rings (SSSR count). The Hall–Kier alpha value is -1.40. The van der Waals surface area contributed by atoms with Gasteiger partial charge in [0.15, 0.2) is 17.6 Å². The van der Waals surface area contributed by atoms with Crippen LogP contribution in [0.1, 0.15) is 13.3 Å². The summed E-state index contributed by atoms with van der Waals surface area (Å²) in [7, 11) is 1.34. The lowest BCUT2D eigenvalue weighted by Gasteiger charge is -2.08. The molecule has 0 aromatic heterocycles. The van der Waals surface area contributed by atoms with E-state index < -0.39 is 17.9 Å². The van der Waals surface area contributed by atoms with Gasteiger partial charge >= 0.3 is 5.97 Å². The van der Waals surface area contributed by atoms with Crippen molar-refractivity contribution in [2.45, 2.75) is 19.4 Å². The lowest BCUT2D eigenvalue weighted by Crippen LogP contribution is -2.14. The predicted octanol–water partition coefficient (Wildman–Crippen LogP) is 0.281. The molecule has 1 aliphatic heterocycles. The third-order valence-electron chi connectivity index (χ3n) is 1.95. The molecule has 1 aliphatic rings. The first-order valence-corrected chi connectivity index (χ1v) is 4.38. The summed E-state index contributed by atoms with van der Waals surface area (Å²) in [6.45, 7) is 1.35. The number of carbonyl (C=O) groups excluding carboxylic acids is 2. The SMILES string of the molecule is COOCCC1OC(=O)C(C(C)=O)=C1O. The fourth-order valence-corrected chi connectivity index (χ4v) is 1.27. The number of hydrogen-bond acceptors (Lipinski definition) is 6. The van der Waals surface area contributed by atoms with Crippen molar-refractivity contribution in [2.75, 3.05) is 13.7 Å². The molecule has 15 heavy (non-hydrogen) atoms. The van der Waals surface area contributed by atoms with Gasteiger partial charge in [0.2, 0.25) is 0 Å². The van der Waals surface area contributed by atoms with E-state index >= 15 is 0 Å². The van der Waals surface area contributed by atoms with Gasteiger partial charge in [-0.1, -0.05) is 0 Å². The molecular weight excluding hydrogens is 204 g/mol. The molecule has 0 bridgehead atoms. The number of Topliss-reactive ketones (excluding diaryl/α,β-unsaturated/α-hetero) is 1. The molecule has 1 heterocycles. The Morgan fingerprint density at radius 2 is 2.27 bits per heavy atom. The van der Waals surface area contributed by atoms with Crippen LogP contribution in [0.3, 0.4) is 0 Å². The van der Waals surface area contributed by atoms with E-state index in [1.165, 1.54) is 14.0 Å². The zero-order chi connectivity index (χ0) is 11.4. The van der Waals surface area contributed by atoms with Crippen molar-refractivity contribution < 1.29 is 29.2 Å². The Balaban J connectivity index is 2.64. The zero-order valence-corrected chi connectivity index (χ0v) is 8.48. The van der Waals surface area contributed by atoms with Crippen molar-refractivity contribution in [1.29, 1.82) is 0 Å². The quantitative estimate of drug-likeness (QED) is 0.234. The van der Waals surface area contributed by atoms with Gasteiger partial charge in [0.25, 0.3) is 0 Å². The van der Waals surface area contributed by atoms with Crippen LogP contribution in [0.15, 0.2) is 11.3 Å². The highest BCUT2D eigenvalue weighted by molar-refractivity contribution is 6.18. The number of aliphatic hydroxyl groups is 1. The molecule has 0 spiro atoms. The second kappa shape index (κ2) is 4.90. The summed E-state index contributed by atoms with van der Waals surface area (Å²) in [6, 6.07) is 0. The molecular formula is C9H12O6. The van der Waals surface area contributed by atoms with Crippen molar-refractivity contribution in [3.8, 4) is 0 Å². The number of cyclic esters (lactones) is 1. The van der Waals surface area contributed by atoms with Gasteiger partial charge in [0.05, 0.1) is 13.7 Å². The van der Waals surface area contributed by atoms with Crippen LogP contribution in [0.2, 0.25) is 0 Å². The average molecular weight is 216 g/mol. The van der Waals surface area contributed by atoms with Crippen LogP contribution in [-0.2, 0) is 24.1 Å². The number of ketones is 1. The van der Waals surface area contributed by atoms with Crippen molar-refractivity contribution in [1.82, 2.24) is 0 Å². The normalized spacial score (nSPS) is 20.7. The summed E-state index contributed by atoms with van der Waals surface area (Å²) < 4.78 is 4.77. The number of rotatable bonds is 5. The van der Waals surface area contributed by atoms with Crippen LogP contribution in [0.5, 0.6) is 0 Å². The molecule has 6 heteroatoms. The summed E-state index contributed by atoms with van der Waals surface area (Å²) in [6.07, 6.45) is -0.575. The first kappa shape index (κ1) is 11.7. The van der Waals surface area contributed by atoms with Gasteiger partial charge in [-0.05, 0) is 6.92 Å². The summed E-state index contributed by atoms with van der Waals surface area (Å²) in [4.78, 5) is 31.0. The van der Waals surface area contributed by atoms with E-state index in [1.807, 2.05) is 0 Å². The molecule has 1 N–H and O–H groups in total. The van der Waals surface area contributed by atoms with Gasteiger partial charge in [0, 0.05) is 6.42 Å². The molecule has 1 atom stereocenters. The fourth-order valence-electron chi connectivity index (χ4n) is 1.27. The molecule has 0 aromatic carbocycles. The molecule has 0 aromatic rings. The maximum Gasteiger partial charge on any atom is 0.346 e. The molecule has 6 nitrogen and oxygen atoms in total. The van der Waals surface area contributed by atoms with Crippen LogP contribution in [0, 0.1) is 0 Å². The lowest BCUT2D eigenvalue weighted by molar-refractivity contribution is -0.274. The highest BCUT2D eigenvalue weighted by Gasteiger charge is 2.36. The van der Waals surface area contributed by atoms with Crippen LogP contribution >= 0.6 is 0 Å². The average Bonchev–Trinajstić information content (AvgIpc) is 2.42. The number of ether oxygens (including phenoxy) is 1. The van der Waals surface area contributed by atoms with Crippen molar-refractivity contribution in [3.63, 3.8) is 0 Å². The van der Waals surface area contributed by atoms with E-state index in [0.29, 0.717) is 0 Å². The van der Waals surface area contributed by atoms with Gasteiger partial charge in [-0.2, -0.15) is 0 Å². The maximum absolute atomic E-state index is 11.1. The van der Waals surface area contributed by atoms with E-state index in [4.69, 9.17) is 4.74 Å². The lowest BCUT2D eigenvalue weighted by atomic mass is 10.1. The Morgan fingerprint density at radius 1 is 1.60 bits per heavy atom. The van der Waals surface area contributed by atoms with Crippen LogP contribution < -0.4 is 0 Å². The third-order valence-corrected chi connectivity index (χ3v) is 1.95. The number of aliphatic hydroxyl groups excluding tert-OH is 1. The van der Waals surface area contributed by atoms with Gasteiger partial charge in [-0.25, -0.2) is 14.6 Å². The molecule has 84 valence electrons. The topological polar surface area (TPSA) is 82.1 Å². The van der Waals surface area contributed by atoms with E-state index in [9.17, 15) is 14.7 Å². The second-order valence-corrected chi connectivity index (χ2v) is 2.99. The predicted molar refractivity (Wildman–Crippen MR) is 47.8 cm³/mol. The Kier molecular flexibility index (Phi) is 3.81. The summed E-state index contributed by atoms with van der Waals surface area (Å²) in [5.41, 5.74) is -0.280. The van der Waals surface area contributed by atoms with Gasteiger partial charge in [-0.15, -0.1) is 0 Å². The Morgan fingerprint density at radius 3 is 2.73 bits per heavy atom.